The summed E-state index contributed by atoms with van der Waals surface area (Å²) in [6.07, 6.45) is 0.399. The molecule has 0 amide bonds. The van der Waals surface area contributed by atoms with Crippen LogP contribution in [0.5, 0.6) is 0 Å². The molecule has 0 aliphatic carbocycles. The van der Waals surface area contributed by atoms with E-state index in [1.54, 1.807) is 0 Å². The molecule has 2 heterocycles. The van der Waals surface area contributed by atoms with Gasteiger partial charge in [-0.1, -0.05) is 6.92 Å². The van der Waals surface area contributed by atoms with Gasteiger partial charge in [0.25, 0.3) is 0 Å². The van der Waals surface area contributed by atoms with Crippen LogP contribution in [0.4, 0.5) is 0 Å². The fourth-order valence-corrected chi connectivity index (χ4v) is 9.93. The van der Waals surface area contributed by atoms with E-state index in [9.17, 15) is 15.3 Å². The number of aliphatic hydroxyl groups excluding tert-OH is 3. The monoisotopic (exact) mass is 264 g/mol. The minimum Gasteiger partial charge on any atom is -0.392 e. The fourth-order valence-electron chi connectivity index (χ4n) is 3.22. The van der Waals surface area contributed by atoms with Crippen LogP contribution in [0.1, 0.15) is 6.92 Å². The Morgan fingerprint density at radius 3 is 1.75 bits per heavy atom. The third-order valence-corrected chi connectivity index (χ3v) is 9.72. The molecule has 0 aromatic heterocycles. The lowest BCUT2D eigenvalue weighted by molar-refractivity contribution is 0.0311. The van der Waals surface area contributed by atoms with E-state index in [1.807, 2.05) is 0 Å². The van der Waals surface area contributed by atoms with Crippen LogP contribution in [0, 0.1) is 5.92 Å². The second-order valence-electron chi connectivity index (χ2n) is 5.39. The summed E-state index contributed by atoms with van der Waals surface area (Å²) in [6.45, 7) is 6.48. The van der Waals surface area contributed by atoms with Crippen molar-refractivity contribution in [1.29, 1.82) is 0 Å². The van der Waals surface area contributed by atoms with E-state index >= 15 is 0 Å². The Kier molecular flexibility index (Phi) is 3.94. The number of hydrogen-bond donors (Lipinski definition) is 3. The van der Waals surface area contributed by atoms with Crippen LogP contribution in [0.15, 0.2) is 0 Å². The zero-order valence-corrected chi connectivity index (χ0v) is 11.9. The highest BCUT2D eigenvalue weighted by molar-refractivity contribution is 7.62. The predicted octanol–water partition coefficient (Wildman–Crippen LogP) is 0.693. The molecule has 5 heteroatoms. The second-order valence-corrected chi connectivity index (χ2v) is 10.3. The van der Waals surface area contributed by atoms with Crippen LogP contribution in [0.25, 0.3) is 0 Å². The van der Waals surface area contributed by atoms with Crippen LogP contribution < -0.4 is 0 Å². The maximum absolute atomic E-state index is 10.2. The third kappa shape index (κ3) is 2.06. The Morgan fingerprint density at radius 2 is 1.38 bits per heavy atom. The summed E-state index contributed by atoms with van der Waals surface area (Å²) in [5, 5.41) is 30.0. The summed E-state index contributed by atoms with van der Waals surface area (Å²) in [5.41, 5.74) is 0.398. The standard InChI is InChI=1S/C11H22O3P2/c1-6-4-15(2)10(8(6)13)11-9(14)7(12)5-16(11)3/h6-14H,4-5H2,1-3H3/t6-,7-,8+,9+,10-,11-,15-,16+/m1/s1. The smallest absolute Gasteiger partial charge is 0.0876 e. The molecule has 3 nitrogen and oxygen atoms in total. The van der Waals surface area contributed by atoms with E-state index in [-0.39, 0.29) is 33.3 Å². The quantitative estimate of drug-likeness (QED) is 0.611. The molecular formula is C11H22O3P2. The van der Waals surface area contributed by atoms with Gasteiger partial charge >= 0.3 is 0 Å². The van der Waals surface area contributed by atoms with E-state index < -0.39 is 12.2 Å². The number of rotatable bonds is 1. The molecule has 0 spiro atoms. The molecular weight excluding hydrogens is 242 g/mol. The number of aliphatic hydroxyl groups is 3. The molecule has 2 fully saturated rings. The van der Waals surface area contributed by atoms with Crippen LogP contribution in [-0.4, -0.2) is 70.6 Å². The first kappa shape index (κ1) is 13.2. The van der Waals surface area contributed by atoms with Gasteiger partial charge in [0, 0.05) is 11.3 Å². The molecule has 3 N–H and O–H groups in total. The first-order valence-electron chi connectivity index (χ1n) is 5.88. The molecule has 0 aromatic rings. The molecule has 2 saturated heterocycles. The summed E-state index contributed by atoms with van der Waals surface area (Å²) < 4.78 is 0. The summed E-state index contributed by atoms with van der Waals surface area (Å²) >= 11 is 0. The summed E-state index contributed by atoms with van der Waals surface area (Å²) in [5.74, 6) is 0.356. The molecule has 8 atom stereocenters. The molecule has 0 aromatic carbocycles. The topological polar surface area (TPSA) is 60.7 Å². The van der Waals surface area contributed by atoms with Crippen molar-refractivity contribution < 1.29 is 15.3 Å². The van der Waals surface area contributed by atoms with Crippen LogP contribution in [0.2, 0.25) is 0 Å². The van der Waals surface area contributed by atoms with Crippen LogP contribution in [-0.2, 0) is 0 Å². The van der Waals surface area contributed by atoms with Crippen molar-refractivity contribution in [2.45, 2.75) is 36.6 Å². The van der Waals surface area contributed by atoms with E-state index in [2.05, 4.69) is 20.3 Å². The molecule has 0 unspecified atom stereocenters. The second kappa shape index (κ2) is 4.78. The van der Waals surface area contributed by atoms with Crippen molar-refractivity contribution >= 4 is 15.8 Å². The summed E-state index contributed by atoms with van der Waals surface area (Å²) in [6, 6.07) is 0. The maximum Gasteiger partial charge on any atom is 0.0876 e. The van der Waals surface area contributed by atoms with Crippen molar-refractivity contribution in [2.75, 3.05) is 25.7 Å². The van der Waals surface area contributed by atoms with Gasteiger partial charge in [-0.3, -0.25) is 0 Å². The molecule has 0 bridgehead atoms. The van der Waals surface area contributed by atoms with Gasteiger partial charge in [-0.25, -0.2) is 0 Å². The molecule has 2 aliphatic rings. The molecule has 0 saturated carbocycles. The van der Waals surface area contributed by atoms with Crippen molar-refractivity contribution in [1.82, 2.24) is 0 Å². The highest BCUT2D eigenvalue weighted by Crippen LogP contribution is 2.60. The Labute approximate surface area is 99.8 Å². The summed E-state index contributed by atoms with van der Waals surface area (Å²) in [4.78, 5) is 0. The SMILES string of the molecule is C[C@@H]1C[P@@](C)[C@@H]([C@H]2[C@@H](O)[C@H](O)C[P@]2C)[C@H]1O. The molecule has 2 aliphatic heterocycles. The van der Waals surface area contributed by atoms with Gasteiger partial charge in [-0.05, 0) is 31.6 Å². The Morgan fingerprint density at radius 1 is 0.875 bits per heavy atom. The third-order valence-electron chi connectivity index (χ3n) is 4.10. The molecule has 94 valence electrons. The largest absolute Gasteiger partial charge is 0.392 e. The van der Waals surface area contributed by atoms with Gasteiger partial charge in [-0.2, -0.15) is 0 Å². The van der Waals surface area contributed by atoms with Gasteiger partial charge in [-0.15, -0.1) is 15.8 Å². The molecule has 16 heavy (non-hydrogen) atoms. The average Bonchev–Trinajstić information content (AvgIpc) is 2.57. The minimum absolute atomic E-state index is 0.154. The van der Waals surface area contributed by atoms with Crippen molar-refractivity contribution in [3.05, 3.63) is 0 Å². The van der Waals surface area contributed by atoms with Crippen molar-refractivity contribution in [2.24, 2.45) is 5.92 Å². The normalized spacial score (nSPS) is 58.1. The highest BCUT2D eigenvalue weighted by atomic mass is 31.1. The van der Waals surface area contributed by atoms with E-state index in [0.29, 0.717) is 5.92 Å². The highest BCUT2D eigenvalue weighted by Gasteiger charge is 2.50. The predicted molar refractivity (Wildman–Crippen MR) is 70.2 cm³/mol. The Bertz CT molecular complexity index is 238. The maximum atomic E-state index is 10.2. The van der Waals surface area contributed by atoms with Gasteiger partial charge in [0.05, 0.1) is 18.3 Å². The van der Waals surface area contributed by atoms with Gasteiger partial charge < -0.3 is 15.3 Å². The minimum atomic E-state index is -0.606. The Balaban J connectivity index is 2.18. The van der Waals surface area contributed by atoms with Crippen molar-refractivity contribution in [3.63, 3.8) is 0 Å². The van der Waals surface area contributed by atoms with Gasteiger partial charge in [0.1, 0.15) is 0 Å². The molecule has 2 rings (SSSR count). The zero-order chi connectivity index (χ0) is 12.0. The van der Waals surface area contributed by atoms with E-state index in [1.165, 1.54) is 0 Å². The lowest BCUT2D eigenvalue weighted by Crippen LogP contribution is -2.41. The van der Waals surface area contributed by atoms with Crippen LogP contribution >= 0.6 is 15.8 Å². The zero-order valence-electron chi connectivity index (χ0n) is 10.1. The Hall–Kier alpha value is 0.740. The first-order valence-corrected chi connectivity index (χ1v) is 9.96. The fraction of sp³-hybridized carbons (Fsp3) is 1.00. The average molecular weight is 264 g/mol. The molecule has 0 radical (unpaired) electrons. The van der Waals surface area contributed by atoms with E-state index in [0.717, 1.165) is 12.3 Å². The van der Waals surface area contributed by atoms with E-state index in [4.69, 9.17) is 0 Å². The lowest BCUT2D eigenvalue weighted by Gasteiger charge is -2.32. The lowest BCUT2D eigenvalue weighted by atomic mass is 9.99. The summed E-state index contributed by atoms with van der Waals surface area (Å²) in [7, 11) is -0.530. The van der Waals surface area contributed by atoms with Gasteiger partial charge in [0.15, 0.2) is 0 Å². The number of hydrogen-bond acceptors (Lipinski definition) is 3. The first-order chi connectivity index (χ1) is 7.43. The van der Waals surface area contributed by atoms with Crippen LogP contribution in [0.3, 0.4) is 0 Å². The van der Waals surface area contributed by atoms with Crippen molar-refractivity contribution in [3.8, 4) is 0 Å². The van der Waals surface area contributed by atoms with Gasteiger partial charge in [0.2, 0.25) is 0 Å².